The van der Waals surface area contributed by atoms with Crippen molar-refractivity contribution in [2.75, 3.05) is 6.54 Å². The third-order valence-electron chi connectivity index (χ3n) is 3.19. The molecule has 0 fully saturated rings. The van der Waals surface area contributed by atoms with E-state index in [4.69, 9.17) is 17.3 Å². The maximum absolute atomic E-state index is 10.4. The lowest BCUT2D eigenvalue weighted by Gasteiger charge is -2.33. The fourth-order valence-corrected chi connectivity index (χ4v) is 2.45. The average Bonchev–Trinajstić information content (AvgIpc) is 2.27. The number of hydrogen-bond acceptors (Lipinski definition) is 2. The van der Waals surface area contributed by atoms with Crippen LogP contribution in [0.5, 0.6) is 0 Å². The van der Waals surface area contributed by atoms with Gasteiger partial charge in [-0.1, -0.05) is 47.4 Å². The summed E-state index contributed by atoms with van der Waals surface area (Å²) in [6.07, 6.45) is 0.230. The molecule has 0 bridgehead atoms. The molecule has 1 aromatic carbocycles. The van der Waals surface area contributed by atoms with E-state index in [1.54, 1.807) is 12.1 Å². The molecule has 1 aromatic rings. The SMILES string of the molecule is CCC(C)(CN)C(O)c1ccc(Cl)cc1Br. The molecule has 0 heterocycles. The number of hydrogen-bond donors (Lipinski definition) is 2. The van der Waals surface area contributed by atoms with Crippen molar-refractivity contribution in [2.45, 2.75) is 26.4 Å². The Morgan fingerprint density at radius 3 is 2.62 bits per heavy atom. The van der Waals surface area contributed by atoms with E-state index >= 15 is 0 Å². The van der Waals surface area contributed by atoms with Crippen molar-refractivity contribution in [2.24, 2.45) is 11.1 Å². The Morgan fingerprint density at radius 2 is 2.19 bits per heavy atom. The van der Waals surface area contributed by atoms with E-state index in [0.717, 1.165) is 16.5 Å². The second-order valence-electron chi connectivity index (χ2n) is 4.28. The van der Waals surface area contributed by atoms with Crippen LogP contribution in [0.1, 0.15) is 31.9 Å². The molecule has 4 heteroatoms. The number of aliphatic hydroxyl groups is 1. The van der Waals surface area contributed by atoms with Crippen LogP contribution in [0.15, 0.2) is 22.7 Å². The highest BCUT2D eigenvalue weighted by molar-refractivity contribution is 9.10. The Kier molecular flexibility index (Phi) is 4.80. The minimum absolute atomic E-state index is 0.309. The summed E-state index contributed by atoms with van der Waals surface area (Å²) in [5.74, 6) is 0. The van der Waals surface area contributed by atoms with Gasteiger partial charge in [0.05, 0.1) is 6.10 Å². The van der Waals surface area contributed by atoms with Crippen molar-refractivity contribution in [1.29, 1.82) is 0 Å². The van der Waals surface area contributed by atoms with Gasteiger partial charge in [0.1, 0.15) is 0 Å². The van der Waals surface area contributed by atoms with Crippen molar-refractivity contribution < 1.29 is 5.11 Å². The lowest BCUT2D eigenvalue weighted by atomic mass is 9.78. The average molecular weight is 307 g/mol. The number of aliphatic hydroxyl groups excluding tert-OH is 1. The van der Waals surface area contributed by atoms with Crippen LogP contribution in [-0.2, 0) is 0 Å². The summed E-state index contributed by atoms with van der Waals surface area (Å²) in [5, 5.41) is 11.0. The highest BCUT2D eigenvalue weighted by Crippen LogP contribution is 2.39. The molecule has 0 aliphatic carbocycles. The minimum Gasteiger partial charge on any atom is -0.388 e. The molecule has 16 heavy (non-hydrogen) atoms. The zero-order chi connectivity index (χ0) is 12.3. The van der Waals surface area contributed by atoms with Gasteiger partial charge in [0.15, 0.2) is 0 Å². The topological polar surface area (TPSA) is 46.2 Å². The quantitative estimate of drug-likeness (QED) is 0.894. The first-order chi connectivity index (χ1) is 7.44. The van der Waals surface area contributed by atoms with Gasteiger partial charge in [-0.05, 0) is 24.1 Å². The maximum Gasteiger partial charge on any atom is 0.0866 e. The lowest BCUT2D eigenvalue weighted by molar-refractivity contribution is 0.0386. The van der Waals surface area contributed by atoms with Crippen molar-refractivity contribution in [3.8, 4) is 0 Å². The standard InChI is InChI=1S/C12H17BrClNO/c1-3-12(2,7-15)11(16)9-5-4-8(14)6-10(9)13/h4-6,11,16H,3,7,15H2,1-2H3. The van der Waals surface area contributed by atoms with Crippen LogP contribution >= 0.6 is 27.5 Å². The predicted molar refractivity (Wildman–Crippen MR) is 71.6 cm³/mol. The van der Waals surface area contributed by atoms with Crippen molar-refractivity contribution in [1.82, 2.24) is 0 Å². The Labute approximate surface area is 110 Å². The Hall–Kier alpha value is -0.0900. The molecule has 0 saturated heterocycles. The lowest BCUT2D eigenvalue weighted by Crippen LogP contribution is -2.33. The molecule has 2 nitrogen and oxygen atoms in total. The maximum atomic E-state index is 10.4. The number of benzene rings is 1. The molecule has 0 aromatic heterocycles. The largest absolute Gasteiger partial charge is 0.388 e. The van der Waals surface area contributed by atoms with Crippen molar-refractivity contribution in [3.63, 3.8) is 0 Å². The van der Waals surface area contributed by atoms with Crippen LogP contribution < -0.4 is 5.73 Å². The summed E-state index contributed by atoms with van der Waals surface area (Å²) in [6, 6.07) is 5.39. The van der Waals surface area contributed by atoms with Crippen LogP contribution in [-0.4, -0.2) is 11.7 Å². The van der Waals surface area contributed by atoms with E-state index in [1.165, 1.54) is 0 Å². The summed E-state index contributed by atoms with van der Waals surface area (Å²) < 4.78 is 0.820. The van der Waals surface area contributed by atoms with Gasteiger partial charge >= 0.3 is 0 Å². The molecule has 2 unspecified atom stereocenters. The van der Waals surface area contributed by atoms with E-state index in [-0.39, 0.29) is 5.41 Å². The van der Waals surface area contributed by atoms with Crippen LogP contribution in [0.3, 0.4) is 0 Å². The molecule has 2 atom stereocenters. The first-order valence-corrected chi connectivity index (χ1v) is 6.44. The van der Waals surface area contributed by atoms with E-state index in [2.05, 4.69) is 15.9 Å². The van der Waals surface area contributed by atoms with Gasteiger partial charge in [-0.3, -0.25) is 0 Å². The zero-order valence-corrected chi connectivity index (χ0v) is 11.8. The van der Waals surface area contributed by atoms with Crippen LogP contribution in [0, 0.1) is 5.41 Å². The summed E-state index contributed by atoms with van der Waals surface area (Å²) in [7, 11) is 0. The van der Waals surface area contributed by atoms with Crippen molar-refractivity contribution >= 4 is 27.5 Å². The normalized spacial score (nSPS) is 16.9. The Morgan fingerprint density at radius 1 is 1.56 bits per heavy atom. The highest BCUT2D eigenvalue weighted by atomic mass is 79.9. The van der Waals surface area contributed by atoms with Crippen LogP contribution in [0.4, 0.5) is 0 Å². The van der Waals surface area contributed by atoms with Crippen LogP contribution in [0.25, 0.3) is 0 Å². The zero-order valence-electron chi connectivity index (χ0n) is 9.50. The van der Waals surface area contributed by atoms with Crippen molar-refractivity contribution in [3.05, 3.63) is 33.3 Å². The fourth-order valence-electron chi connectivity index (χ4n) is 1.55. The van der Waals surface area contributed by atoms with Gasteiger partial charge in [0.2, 0.25) is 0 Å². The summed E-state index contributed by atoms with van der Waals surface area (Å²) in [5.41, 5.74) is 6.26. The van der Waals surface area contributed by atoms with E-state index in [0.29, 0.717) is 11.6 Å². The minimum atomic E-state index is -0.589. The number of nitrogens with two attached hydrogens (primary N) is 1. The van der Waals surface area contributed by atoms with E-state index in [9.17, 15) is 5.11 Å². The van der Waals surface area contributed by atoms with E-state index in [1.807, 2.05) is 19.9 Å². The van der Waals surface area contributed by atoms with Gasteiger partial charge in [-0.2, -0.15) is 0 Å². The molecule has 0 radical (unpaired) electrons. The van der Waals surface area contributed by atoms with Crippen LogP contribution in [0.2, 0.25) is 5.02 Å². The summed E-state index contributed by atoms with van der Waals surface area (Å²) in [6.45, 7) is 4.46. The molecule has 0 amide bonds. The number of halogens is 2. The first-order valence-electron chi connectivity index (χ1n) is 5.27. The Bertz CT molecular complexity index is 366. The molecule has 0 spiro atoms. The molecule has 1 rings (SSSR count). The highest BCUT2D eigenvalue weighted by Gasteiger charge is 2.32. The molecule has 3 N–H and O–H groups in total. The summed E-state index contributed by atoms with van der Waals surface area (Å²) in [4.78, 5) is 0. The third-order valence-corrected chi connectivity index (χ3v) is 4.11. The molecule has 90 valence electrons. The molecular weight excluding hydrogens is 289 g/mol. The fraction of sp³-hybridized carbons (Fsp3) is 0.500. The third kappa shape index (κ3) is 2.77. The van der Waals surface area contributed by atoms with Gasteiger partial charge in [-0.25, -0.2) is 0 Å². The predicted octanol–water partition coefficient (Wildman–Crippen LogP) is 3.51. The monoisotopic (exact) mass is 305 g/mol. The summed E-state index contributed by atoms with van der Waals surface area (Å²) >= 11 is 9.28. The number of rotatable bonds is 4. The van der Waals surface area contributed by atoms with E-state index < -0.39 is 6.10 Å². The van der Waals surface area contributed by atoms with Gasteiger partial charge < -0.3 is 10.8 Å². The van der Waals surface area contributed by atoms with Gasteiger partial charge in [0.25, 0.3) is 0 Å². The second-order valence-corrected chi connectivity index (χ2v) is 5.57. The first kappa shape index (κ1) is 14.0. The molecule has 0 saturated carbocycles. The molecular formula is C12H17BrClNO. The molecule has 0 aliphatic heterocycles. The molecule has 0 aliphatic rings. The Balaban J connectivity index is 3.08. The van der Waals surface area contributed by atoms with Gasteiger partial charge in [0, 0.05) is 21.5 Å². The smallest absolute Gasteiger partial charge is 0.0866 e. The van der Waals surface area contributed by atoms with Gasteiger partial charge in [-0.15, -0.1) is 0 Å². The second kappa shape index (κ2) is 5.50.